The summed E-state index contributed by atoms with van der Waals surface area (Å²) in [5, 5.41) is 1.40. The topological polar surface area (TPSA) is 20.7 Å². The van der Waals surface area contributed by atoms with Crippen LogP contribution in [0.25, 0.3) is 5.69 Å². The third kappa shape index (κ3) is 2.38. The lowest BCUT2D eigenvalue weighted by Gasteiger charge is -2.10. The Hall–Kier alpha value is -0.480. The predicted octanol–water partition coefficient (Wildman–Crippen LogP) is 5.06. The lowest BCUT2D eigenvalue weighted by molar-refractivity contribution is 0.922. The molecule has 17 heavy (non-hydrogen) atoms. The number of benzene rings is 1. The number of H-pyrrole nitrogens is 1. The minimum Gasteiger partial charge on any atom is -0.337 e. The van der Waals surface area contributed by atoms with Crippen molar-refractivity contribution in [2.24, 2.45) is 0 Å². The van der Waals surface area contributed by atoms with Crippen molar-refractivity contribution in [3.8, 4) is 5.69 Å². The fourth-order valence-corrected chi connectivity index (χ4v) is 2.51. The molecule has 0 atom stereocenters. The van der Waals surface area contributed by atoms with Crippen LogP contribution in [0.3, 0.4) is 0 Å². The maximum Gasteiger partial charge on any atom is 0.182 e. The van der Waals surface area contributed by atoms with Gasteiger partial charge in [0.1, 0.15) is 0 Å². The van der Waals surface area contributed by atoms with Crippen LogP contribution in [0.5, 0.6) is 0 Å². The van der Waals surface area contributed by atoms with Crippen molar-refractivity contribution < 1.29 is 0 Å². The number of nitrogens with zero attached hydrogens (tertiary/aromatic N) is 1. The minimum absolute atomic E-state index is 0.431. The largest absolute Gasteiger partial charge is 0.337 e. The molecule has 2 nitrogen and oxygen atoms in total. The Morgan fingerprint density at radius 3 is 2.47 bits per heavy atom. The van der Waals surface area contributed by atoms with Crippen molar-refractivity contribution in [1.29, 1.82) is 0 Å². The molecule has 0 aliphatic heterocycles. The first-order valence-electron chi connectivity index (χ1n) is 4.98. The number of rotatable bonds is 2. The summed E-state index contributed by atoms with van der Waals surface area (Å²) in [6.45, 7) is 2.04. The second-order valence-electron chi connectivity index (χ2n) is 3.49. The molecule has 0 aliphatic carbocycles. The van der Waals surface area contributed by atoms with Gasteiger partial charge < -0.3 is 4.98 Å². The molecule has 0 amide bonds. The van der Waals surface area contributed by atoms with Gasteiger partial charge in [-0.2, -0.15) is 0 Å². The van der Waals surface area contributed by atoms with Crippen LogP contribution < -0.4 is 0 Å². The molecule has 0 aliphatic rings. The van der Waals surface area contributed by atoms with Crippen LogP contribution in [0.4, 0.5) is 0 Å². The number of nitrogens with one attached hydrogen (secondary N) is 1. The van der Waals surface area contributed by atoms with Crippen LogP contribution in [0.1, 0.15) is 12.6 Å². The molecule has 0 radical (unpaired) electrons. The Kier molecular flexibility index (Phi) is 3.83. The molecule has 1 N–H and O–H groups in total. The van der Waals surface area contributed by atoms with Gasteiger partial charge in [-0.15, -0.1) is 0 Å². The summed E-state index contributed by atoms with van der Waals surface area (Å²) in [5.41, 5.74) is 1.78. The van der Waals surface area contributed by atoms with E-state index in [1.54, 1.807) is 12.1 Å². The maximum absolute atomic E-state index is 6.17. The molecule has 0 fully saturated rings. The van der Waals surface area contributed by atoms with Gasteiger partial charge in [0, 0.05) is 11.9 Å². The number of hydrogen-bond donors (Lipinski definition) is 1. The van der Waals surface area contributed by atoms with Gasteiger partial charge in [-0.25, -0.2) is 0 Å². The molecule has 2 rings (SSSR count). The van der Waals surface area contributed by atoms with Crippen LogP contribution >= 0.6 is 47.0 Å². The highest BCUT2D eigenvalue weighted by molar-refractivity contribution is 7.71. The molecule has 1 aromatic heterocycles. The van der Waals surface area contributed by atoms with Gasteiger partial charge in [0.2, 0.25) is 0 Å². The van der Waals surface area contributed by atoms with E-state index in [4.69, 9.17) is 47.0 Å². The van der Waals surface area contributed by atoms with E-state index in [1.807, 2.05) is 17.7 Å². The van der Waals surface area contributed by atoms with Crippen LogP contribution in [-0.2, 0) is 6.42 Å². The first-order valence-corrected chi connectivity index (χ1v) is 6.53. The zero-order chi connectivity index (χ0) is 12.6. The highest BCUT2D eigenvalue weighted by Gasteiger charge is 2.11. The third-order valence-electron chi connectivity index (χ3n) is 2.45. The average molecular weight is 308 g/mol. The molecule has 0 unspecified atom stereocenters. The Balaban J connectivity index is 2.72. The van der Waals surface area contributed by atoms with Gasteiger partial charge >= 0.3 is 0 Å². The number of halogens is 3. The highest BCUT2D eigenvalue weighted by Crippen LogP contribution is 2.32. The first kappa shape index (κ1) is 13.0. The van der Waals surface area contributed by atoms with Crippen molar-refractivity contribution in [2.75, 3.05) is 0 Å². The van der Waals surface area contributed by atoms with Crippen molar-refractivity contribution >= 4 is 47.0 Å². The van der Waals surface area contributed by atoms with E-state index in [9.17, 15) is 0 Å². The van der Waals surface area contributed by atoms with E-state index in [0.717, 1.165) is 17.8 Å². The van der Waals surface area contributed by atoms with Gasteiger partial charge in [-0.3, -0.25) is 4.57 Å². The SMILES string of the molecule is CCc1c[nH]c(=S)n1-c1cc(Cl)c(Cl)cc1Cl. The Morgan fingerprint density at radius 1 is 1.18 bits per heavy atom. The normalized spacial score (nSPS) is 10.8. The fraction of sp³-hybridized carbons (Fsp3) is 0.182. The number of aromatic amines is 1. The molecule has 2 aromatic rings. The Bertz CT molecular complexity index is 616. The molecule has 6 heteroatoms. The number of imidazole rings is 1. The van der Waals surface area contributed by atoms with E-state index in [1.165, 1.54) is 0 Å². The smallest absolute Gasteiger partial charge is 0.182 e. The van der Waals surface area contributed by atoms with Gasteiger partial charge in [-0.1, -0.05) is 41.7 Å². The zero-order valence-electron chi connectivity index (χ0n) is 8.93. The molecule has 0 bridgehead atoms. The lowest BCUT2D eigenvalue weighted by Crippen LogP contribution is -2.00. The summed E-state index contributed by atoms with van der Waals surface area (Å²) in [6.07, 6.45) is 2.70. The van der Waals surface area contributed by atoms with Gasteiger partial charge in [0.05, 0.1) is 20.8 Å². The molecular weight excluding hydrogens is 299 g/mol. The molecule has 0 spiro atoms. The number of aryl methyl sites for hydroxylation is 1. The summed E-state index contributed by atoms with van der Waals surface area (Å²) in [4.78, 5) is 2.99. The number of hydrogen-bond acceptors (Lipinski definition) is 1. The Labute approximate surface area is 119 Å². The van der Waals surface area contributed by atoms with Crippen molar-refractivity contribution in [2.45, 2.75) is 13.3 Å². The van der Waals surface area contributed by atoms with Crippen molar-refractivity contribution in [3.63, 3.8) is 0 Å². The van der Waals surface area contributed by atoms with E-state index >= 15 is 0 Å². The van der Waals surface area contributed by atoms with Crippen LogP contribution in [0, 0.1) is 4.77 Å². The standard InChI is InChI=1S/C11H9Cl3N2S/c1-2-6-5-15-11(17)16(6)10-4-8(13)7(12)3-9(10)14/h3-5H,2H2,1H3,(H,15,17). The van der Waals surface area contributed by atoms with Gasteiger partial charge in [0.25, 0.3) is 0 Å². The highest BCUT2D eigenvalue weighted by atomic mass is 35.5. The monoisotopic (exact) mass is 306 g/mol. The van der Waals surface area contributed by atoms with E-state index in [0.29, 0.717) is 19.8 Å². The van der Waals surface area contributed by atoms with Crippen LogP contribution in [0.2, 0.25) is 15.1 Å². The van der Waals surface area contributed by atoms with Crippen molar-refractivity contribution in [3.05, 3.63) is 43.9 Å². The summed E-state index contributed by atoms with van der Waals surface area (Å²) < 4.78 is 2.45. The van der Waals surface area contributed by atoms with E-state index in [2.05, 4.69) is 4.98 Å². The molecule has 1 heterocycles. The molecule has 90 valence electrons. The van der Waals surface area contributed by atoms with Crippen LogP contribution in [0.15, 0.2) is 18.3 Å². The Morgan fingerprint density at radius 2 is 1.82 bits per heavy atom. The van der Waals surface area contributed by atoms with Gasteiger partial charge in [0.15, 0.2) is 4.77 Å². The fourth-order valence-electron chi connectivity index (χ4n) is 1.61. The maximum atomic E-state index is 6.17. The summed E-state index contributed by atoms with van der Waals surface area (Å²) in [7, 11) is 0. The van der Waals surface area contributed by atoms with Crippen molar-refractivity contribution in [1.82, 2.24) is 9.55 Å². The molecule has 0 saturated heterocycles. The summed E-state index contributed by atoms with van der Waals surface area (Å²) in [5.74, 6) is 0. The second kappa shape index (κ2) is 5.02. The van der Waals surface area contributed by atoms with Gasteiger partial charge in [-0.05, 0) is 30.8 Å². The van der Waals surface area contributed by atoms with E-state index < -0.39 is 0 Å². The molecular formula is C11H9Cl3N2S. The van der Waals surface area contributed by atoms with Crippen LogP contribution in [-0.4, -0.2) is 9.55 Å². The predicted molar refractivity (Wildman–Crippen MR) is 75.4 cm³/mol. The minimum atomic E-state index is 0.431. The summed E-state index contributed by atoms with van der Waals surface area (Å²) in [6, 6.07) is 3.34. The molecule has 1 aromatic carbocycles. The molecule has 0 saturated carbocycles. The lowest BCUT2D eigenvalue weighted by atomic mass is 10.3. The second-order valence-corrected chi connectivity index (χ2v) is 5.10. The zero-order valence-corrected chi connectivity index (χ0v) is 12.0. The number of aromatic nitrogens is 2. The summed E-state index contributed by atoms with van der Waals surface area (Å²) >= 11 is 23.3. The average Bonchev–Trinajstić information content (AvgIpc) is 2.65. The quantitative estimate of drug-likeness (QED) is 0.607. The van der Waals surface area contributed by atoms with E-state index in [-0.39, 0.29) is 0 Å². The third-order valence-corrected chi connectivity index (χ3v) is 3.77. The first-order chi connectivity index (χ1) is 8.04.